The third-order valence-electron chi connectivity index (χ3n) is 6.13. The second-order valence-corrected chi connectivity index (χ2v) is 8.39. The monoisotopic (exact) mass is 485 g/mol. The maximum Gasteiger partial charge on any atom is 0.416 e. The second kappa shape index (κ2) is 8.90. The SMILES string of the molecule is Cc1ccc2c(c1C)NCCC[C@@H]2N(Cc1cc(C(F)(F)F)cc(C(F)(F)F)c1)C1=NN=N[NH2+]1. The Labute approximate surface area is 191 Å². The summed E-state index contributed by atoms with van der Waals surface area (Å²) in [7, 11) is 0. The standard InChI is InChI=1S/C22H22F6N6/c1-12-5-6-17-18(4-3-7-29-19(17)13(12)2)34(20-30-32-33-31-20)11-14-8-15(21(23,24)25)10-16(9-14)22(26,27)28/h5-6,8-10,18,29H,3-4,7,11H2,1-2H3,(H,30,31,32,33)/p+1/t18-/m0/s1. The molecule has 6 nitrogen and oxygen atoms in total. The minimum Gasteiger partial charge on any atom is -0.385 e. The summed E-state index contributed by atoms with van der Waals surface area (Å²) in [5.74, 6) is 0.280. The molecule has 182 valence electrons. The normalized spacial score (nSPS) is 18.2. The van der Waals surface area contributed by atoms with Crippen LogP contribution in [-0.2, 0) is 18.9 Å². The van der Waals surface area contributed by atoms with Crippen LogP contribution in [0.2, 0.25) is 0 Å². The van der Waals surface area contributed by atoms with E-state index in [4.69, 9.17) is 0 Å². The quantitative estimate of drug-likeness (QED) is 0.457. The van der Waals surface area contributed by atoms with Gasteiger partial charge in [-0.05, 0) is 72.2 Å². The number of fused-ring (bicyclic) bond motifs is 1. The molecule has 2 heterocycles. The zero-order chi connectivity index (χ0) is 24.7. The molecule has 2 aromatic rings. The van der Waals surface area contributed by atoms with Gasteiger partial charge in [0.1, 0.15) is 0 Å². The Bertz CT molecular complexity index is 1110. The minimum atomic E-state index is -4.92. The van der Waals surface area contributed by atoms with Gasteiger partial charge < -0.3 is 5.32 Å². The van der Waals surface area contributed by atoms with E-state index < -0.39 is 23.5 Å². The number of hydrogen-bond donors (Lipinski definition) is 2. The van der Waals surface area contributed by atoms with Crippen molar-refractivity contribution < 1.29 is 31.8 Å². The Kier molecular flexibility index (Phi) is 6.28. The third-order valence-corrected chi connectivity index (χ3v) is 6.13. The molecule has 3 N–H and O–H groups in total. The van der Waals surface area contributed by atoms with E-state index >= 15 is 0 Å². The molecule has 4 rings (SSSR count). The Morgan fingerprint density at radius 3 is 2.29 bits per heavy atom. The molecule has 2 aliphatic rings. The molecular formula is C22H23F6N6+. The molecule has 0 aliphatic carbocycles. The first-order valence-corrected chi connectivity index (χ1v) is 10.6. The summed E-state index contributed by atoms with van der Waals surface area (Å²) in [6, 6.07) is 5.17. The lowest BCUT2D eigenvalue weighted by Gasteiger charge is -2.31. The summed E-state index contributed by atoms with van der Waals surface area (Å²) in [6.45, 7) is 4.40. The first-order valence-electron chi connectivity index (χ1n) is 10.6. The predicted octanol–water partition coefficient (Wildman–Crippen LogP) is 5.31. The van der Waals surface area contributed by atoms with Crippen molar-refractivity contribution in [2.75, 3.05) is 11.9 Å². The van der Waals surface area contributed by atoms with Crippen LogP contribution in [0.5, 0.6) is 0 Å². The molecule has 0 radical (unpaired) electrons. The van der Waals surface area contributed by atoms with Gasteiger partial charge in [-0.15, -0.1) is 5.43 Å². The molecule has 2 aromatic carbocycles. The number of alkyl halides is 6. The highest BCUT2D eigenvalue weighted by molar-refractivity contribution is 5.72. The van der Waals surface area contributed by atoms with Crippen molar-refractivity contribution in [2.24, 2.45) is 15.5 Å². The summed E-state index contributed by atoms with van der Waals surface area (Å²) in [4.78, 5) is 1.68. The summed E-state index contributed by atoms with van der Waals surface area (Å²) in [5, 5.41) is 14.7. The average molecular weight is 485 g/mol. The molecule has 0 saturated carbocycles. The van der Waals surface area contributed by atoms with Gasteiger partial charge in [0.05, 0.1) is 28.9 Å². The van der Waals surface area contributed by atoms with Crippen molar-refractivity contribution in [3.63, 3.8) is 0 Å². The van der Waals surface area contributed by atoms with Crippen molar-refractivity contribution in [3.8, 4) is 0 Å². The van der Waals surface area contributed by atoms with Gasteiger partial charge in [0.2, 0.25) is 0 Å². The van der Waals surface area contributed by atoms with Gasteiger partial charge >= 0.3 is 18.3 Å². The van der Waals surface area contributed by atoms with Crippen LogP contribution >= 0.6 is 0 Å². The fourth-order valence-corrected chi connectivity index (χ4v) is 4.30. The third kappa shape index (κ3) is 4.86. The van der Waals surface area contributed by atoms with Crippen molar-refractivity contribution in [1.82, 2.24) is 4.90 Å². The summed E-state index contributed by atoms with van der Waals surface area (Å²) in [6.07, 6.45) is -8.49. The van der Waals surface area contributed by atoms with Crippen molar-refractivity contribution in [3.05, 3.63) is 63.7 Å². The van der Waals surface area contributed by atoms with Crippen molar-refractivity contribution in [1.29, 1.82) is 0 Å². The number of nitrogens with zero attached hydrogens (tertiary/aromatic N) is 4. The van der Waals surface area contributed by atoms with E-state index in [0.717, 1.165) is 40.9 Å². The Hall–Kier alpha value is -3.15. The lowest BCUT2D eigenvalue weighted by atomic mass is 9.95. The molecule has 34 heavy (non-hydrogen) atoms. The van der Waals surface area contributed by atoms with Crippen LogP contribution in [-0.4, -0.2) is 17.4 Å². The maximum atomic E-state index is 13.4. The Morgan fingerprint density at radius 1 is 1.03 bits per heavy atom. The summed E-state index contributed by atoms with van der Waals surface area (Å²) in [5.41, 5.74) is 2.45. The van der Waals surface area contributed by atoms with Crippen LogP contribution in [0.25, 0.3) is 0 Å². The van der Waals surface area contributed by atoms with E-state index in [1.165, 1.54) is 5.43 Å². The molecule has 0 unspecified atom stereocenters. The molecular weight excluding hydrogens is 462 g/mol. The van der Waals surface area contributed by atoms with Gasteiger partial charge in [-0.1, -0.05) is 12.1 Å². The molecule has 0 saturated heterocycles. The Morgan fingerprint density at radius 2 is 1.71 bits per heavy atom. The van der Waals surface area contributed by atoms with Crippen LogP contribution in [0, 0.1) is 13.8 Å². The molecule has 0 amide bonds. The fourth-order valence-electron chi connectivity index (χ4n) is 4.30. The number of benzene rings is 2. The number of guanidine groups is 1. The van der Waals surface area contributed by atoms with Crippen molar-refractivity contribution in [2.45, 2.75) is 51.6 Å². The fraction of sp³-hybridized carbons (Fsp3) is 0.409. The number of quaternary nitrogens is 1. The molecule has 0 spiro atoms. The van der Waals surface area contributed by atoms with Crippen LogP contribution in [0.1, 0.15) is 52.3 Å². The number of aryl methyl sites for hydroxylation is 1. The first kappa shape index (κ1) is 24.0. The highest BCUT2D eigenvalue weighted by atomic mass is 19.4. The highest BCUT2D eigenvalue weighted by Gasteiger charge is 2.38. The highest BCUT2D eigenvalue weighted by Crippen LogP contribution is 2.40. The summed E-state index contributed by atoms with van der Waals surface area (Å²) >= 11 is 0. The molecule has 0 bridgehead atoms. The van der Waals surface area contributed by atoms with Gasteiger partial charge in [0.25, 0.3) is 0 Å². The van der Waals surface area contributed by atoms with Crippen molar-refractivity contribution >= 4 is 11.6 Å². The van der Waals surface area contributed by atoms with Crippen LogP contribution in [0.15, 0.2) is 45.9 Å². The van der Waals surface area contributed by atoms with Crippen LogP contribution < -0.4 is 10.7 Å². The van der Waals surface area contributed by atoms with Crippen LogP contribution in [0.3, 0.4) is 0 Å². The average Bonchev–Trinajstić information content (AvgIpc) is 3.20. The van der Waals surface area contributed by atoms with E-state index in [0.29, 0.717) is 13.0 Å². The smallest absolute Gasteiger partial charge is 0.385 e. The van der Waals surface area contributed by atoms with Gasteiger partial charge in [-0.3, -0.25) is 4.90 Å². The van der Waals surface area contributed by atoms with Gasteiger partial charge in [0.15, 0.2) is 0 Å². The van der Waals surface area contributed by atoms with Gasteiger partial charge in [-0.2, -0.15) is 26.3 Å². The largest absolute Gasteiger partial charge is 0.416 e. The molecule has 12 heteroatoms. The number of hydrogen-bond acceptors (Lipinski definition) is 5. The molecule has 2 aliphatic heterocycles. The summed E-state index contributed by atoms with van der Waals surface area (Å²) < 4.78 is 80.5. The first-order chi connectivity index (χ1) is 15.9. The number of rotatable bonds is 3. The maximum absolute atomic E-state index is 13.4. The molecule has 1 atom stereocenters. The molecule has 0 aromatic heterocycles. The van der Waals surface area contributed by atoms with Gasteiger partial charge in [0, 0.05) is 17.5 Å². The topological polar surface area (TPSA) is 69.0 Å². The lowest BCUT2D eigenvalue weighted by Crippen LogP contribution is -2.84. The van der Waals surface area contributed by atoms with Gasteiger partial charge in [-0.25, -0.2) is 0 Å². The predicted molar refractivity (Wildman–Crippen MR) is 113 cm³/mol. The number of halogens is 6. The zero-order valence-electron chi connectivity index (χ0n) is 18.4. The Balaban J connectivity index is 1.80. The number of anilines is 1. The van der Waals surface area contributed by atoms with Crippen LogP contribution in [0.4, 0.5) is 32.0 Å². The number of nitrogens with two attached hydrogens (primary N) is 1. The van der Waals surface area contributed by atoms with E-state index in [2.05, 4.69) is 20.9 Å². The van der Waals surface area contributed by atoms with E-state index in [-0.39, 0.29) is 30.2 Å². The van der Waals surface area contributed by atoms with E-state index in [1.54, 1.807) is 4.90 Å². The number of nitrogens with one attached hydrogen (secondary N) is 1. The lowest BCUT2D eigenvalue weighted by molar-refractivity contribution is -0.558. The second-order valence-electron chi connectivity index (χ2n) is 8.39. The zero-order valence-corrected chi connectivity index (χ0v) is 18.4. The van der Waals surface area contributed by atoms with E-state index in [9.17, 15) is 26.3 Å². The molecule has 0 fully saturated rings. The van der Waals surface area contributed by atoms with E-state index in [1.807, 2.05) is 26.0 Å². The minimum absolute atomic E-state index is 0.132.